The number of anilines is 1. The molecule has 1 N–H and O–H groups in total. The van der Waals surface area contributed by atoms with E-state index >= 15 is 0 Å². The van der Waals surface area contributed by atoms with Crippen LogP contribution in [0.3, 0.4) is 0 Å². The number of rotatable bonds is 3. The van der Waals surface area contributed by atoms with Gasteiger partial charge in [0.2, 0.25) is 0 Å². The molecular weight excluding hydrogens is 282 g/mol. The molecule has 2 unspecified atom stereocenters. The van der Waals surface area contributed by atoms with E-state index in [1.54, 1.807) is 0 Å². The first-order valence-corrected chi connectivity index (χ1v) is 8.31. The molecular formula is C17H28ClN3. The third-order valence-electron chi connectivity index (χ3n) is 4.10. The highest BCUT2D eigenvalue weighted by atomic mass is 35.5. The van der Waals surface area contributed by atoms with Crippen LogP contribution in [0.5, 0.6) is 0 Å². The molecule has 0 aliphatic carbocycles. The minimum absolute atomic E-state index is 0.0634. The van der Waals surface area contributed by atoms with Gasteiger partial charge < -0.3 is 10.2 Å². The lowest BCUT2D eigenvalue weighted by molar-refractivity contribution is 0.387. The molecule has 1 aromatic rings. The van der Waals surface area contributed by atoms with E-state index in [-0.39, 0.29) is 5.54 Å². The molecule has 0 spiro atoms. The number of hydrogen-bond donors (Lipinski definition) is 1. The Morgan fingerprint density at radius 2 is 2.00 bits per heavy atom. The van der Waals surface area contributed by atoms with Gasteiger partial charge in [-0.05, 0) is 58.6 Å². The zero-order chi connectivity index (χ0) is 15.6. The molecule has 0 aromatic carbocycles. The van der Waals surface area contributed by atoms with Gasteiger partial charge in [-0.2, -0.15) is 0 Å². The van der Waals surface area contributed by atoms with Gasteiger partial charge in [0.05, 0.1) is 10.7 Å². The standard InChI is InChI=1S/C17H28ClN3/c1-12-6-7-13(2)21(11-12)16-9-8-14(18)15(20-16)10-19-17(3,4)5/h8-9,12-13,19H,6-7,10-11H2,1-5H3. The highest BCUT2D eigenvalue weighted by molar-refractivity contribution is 6.31. The summed E-state index contributed by atoms with van der Waals surface area (Å²) in [6.45, 7) is 12.8. The second-order valence-electron chi connectivity index (χ2n) is 7.39. The molecule has 1 fully saturated rings. The average Bonchev–Trinajstić information content (AvgIpc) is 2.40. The Balaban J connectivity index is 2.17. The predicted octanol–water partition coefficient (Wildman–Crippen LogP) is 4.25. The van der Waals surface area contributed by atoms with Crippen molar-refractivity contribution in [2.75, 3.05) is 11.4 Å². The molecule has 1 aliphatic heterocycles. The molecule has 118 valence electrons. The molecule has 0 radical (unpaired) electrons. The Kier molecular flexibility index (Phi) is 5.15. The molecule has 4 heteroatoms. The van der Waals surface area contributed by atoms with Gasteiger partial charge in [-0.25, -0.2) is 4.98 Å². The van der Waals surface area contributed by atoms with Gasteiger partial charge in [-0.3, -0.25) is 0 Å². The first-order valence-electron chi connectivity index (χ1n) is 7.93. The van der Waals surface area contributed by atoms with Crippen LogP contribution in [0.2, 0.25) is 5.02 Å². The maximum absolute atomic E-state index is 6.31. The van der Waals surface area contributed by atoms with Crippen molar-refractivity contribution in [2.24, 2.45) is 5.92 Å². The van der Waals surface area contributed by atoms with E-state index in [0.717, 1.165) is 29.0 Å². The van der Waals surface area contributed by atoms with E-state index in [9.17, 15) is 0 Å². The third-order valence-corrected chi connectivity index (χ3v) is 4.45. The van der Waals surface area contributed by atoms with Crippen molar-refractivity contribution in [1.29, 1.82) is 0 Å². The number of halogens is 1. The second-order valence-corrected chi connectivity index (χ2v) is 7.79. The van der Waals surface area contributed by atoms with E-state index in [0.29, 0.717) is 12.6 Å². The van der Waals surface area contributed by atoms with Crippen molar-refractivity contribution in [1.82, 2.24) is 10.3 Å². The van der Waals surface area contributed by atoms with E-state index in [4.69, 9.17) is 16.6 Å². The van der Waals surface area contributed by atoms with Crippen LogP contribution in [0.1, 0.15) is 53.2 Å². The van der Waals surface area contributed by atoms with Gasteiger partial charge >= 0.3 is 0 Å². The zero-order valence-corrected chi connectivity index (χ0v) is 14.7. The van der Waals surface area contributed by atoms with E-state index in [1.165, 1.54) is 12.8 Å². The highest BCUT2D eigenvalue weighted by Crippen LogP contribution is 2.28. The number of nitrogens with zero attached hydrogens (tertiary/aromatic N) is 2. The average molecular weight is 310 g/mol. The van der Waals surface area contributed by atoms with Gasteiger partial charge in [0.25, 0.3) is 0 Å². The van der Waals surface area contributed by atoms with Crippen LogP contribution in [-0.2, 0) is 6.54 Å². The Hall–Kier alpha value is -0.800. The topological polar surface area (TPSA) is 28.2 Å². The molecule has 0 amide bonds. The van der Waals surface area contributed by atoms with Crippen molar-refractivity contribution in [2.45, 2.75) is 65.6 Å². The minimum Gasteiger partial charge on any atom is -0.354 e. The zero-order valence-electron chi connectivity index (χ0n) is 13.9. The smallest absolute Gasteiger partial charge is 0.129 e. The lowest BCUT2D eigenvalue weighted by Crippen LogP contribution is -2.41. The number of piperidine rings is 1. The van der Waals surface area contributed by atoms with Crippen molar-refractivity contribution in [3.63, 3.8) is 0 Å². The molecule has 2 rings (SSSR count). The van der Waals surface area contributed by atoms with Crippen LogP contribution in [-0.4, -0.2) is 23.1 Å². The number of pyridine rings is 1. The van der Waals surface area contributed by atoms with Gasteiger partial charge in [-0.15, -0.1) is 0 Å². The quantitative estimate of drug-likeness (QED) is 0.905. The van der Waals surface area contributed by atoms with Gasteiger partial charge in [0.1, 0.15) is 5.82 Å². The van der Waals surface area contributed by atoms with Gasteiger partial charge in [-0.1, -0.05) is 18.5 Å². The summed E-state index contributed by atoms with van der Waals surface area (Å²) in [4.78, 5) is 7.24. The summed E-state index contributed by atoms with van der Waals surface area (Å²) in [6.07, 6.45) is 2.55. The molecule has 3 nitrogen and oxygen atoms in total. The summed E-state index contributed by atoms with van der Waals surface area (Å²) >= 11 is 6.31. The van der Waals surface area contributed by atoms with E-state index in [1.807, 2.05) is 6.07 Å². The van der Waals surface area contributed by atoms with Crippen LogP contribution in [0.4, 0.5) is 5.82 Å². The maximum Gasteiger partial charge on any atom is 0.129 e. The van der Waals surface area contributed by atoms with Crippen molar-refractivity contribution in [3.8, 4) is 0 Å². The molecule has 21 heavy (non-hydrogen) atoms. The Bertz CT molecular complexity index is 481. The summed E-state index contributed by atoms with van der Waals surface area (Å²) in [7, 11) is 0. The molecule has 0 saturated carbocycles. The fourth-order valence-corrected chi connectivity index (χ4v) is 2.89. The van der Waals surface area contributed by atoms with Gasteiger partial charge in [0.15, 0.2) is 0 Å². The predicted molar refractivity (Wildman–Crippen MR) is 91.0 cm³/mol. The van der Waals surface area contributed by atoms with Crippen LogP contribution in [0, 0.1) is 5.92 Å². The number of hydrogen-bond acceptors (Lipinski definition) is 3. The molecule has 0 bridgehead atoms. The van der Waals surface area contributed by atoms with Crippen molar-refractivity contribution < 1.29 is 0 Å². The minimum atomic E-state index is 0.0634. The normalized spacial score (nSPS) is 23.4. The van der Waals surface area contributed by atoms with Crippen molar-refractivity contribution in [3.05, 3.63) is 22.8 Å². The van der Waals surface area contributed by atoms with Crippen LogP contribution in [0.25, 0.3) is 0 Å². The van der Waals surface area contributed by atoms with Crippen LogP contribution >= 0.6 is 11.6 Å². The lowest BCUT2D eigenvalue weighted by atomic mass is 9.95. The molecule has 2 heterocycles. The highest BCUT2D eigenvalue weighted by Gasteiger charge is 2.24. The first kappa shape index (κ1) is 16.6. The Labute approximate surface area is 134 Å². The van der Waals surface area contributed by atoms with E-state index in [2.05, 4.69) is 50.9 Å². The fourth-order valence-electron chi connectivity index (χ4n) is 2.71. The maximum atomic E-state index is 6.31. The Morgan fingerprint density at radius 1 is 1.29 bits per heavy atom. The lowest BCUT2D eigenvalue weighted by Gasteiger charge is -2.38. The number of aromatic nitrogens is 1. The third kappa shape index (κ3) is 4.58. The van der Waals surface area contributed by atoms with Crippen LogP contribution in [0.15, 0.2) is 12.1 Å². The fraction of sp³-hybridized carbons (Fsp3) is 0.706. The van der Waals surface area contributed by atoms with Gasteiger partial charge in [0, 0.05) is 24.7 Å². The SMILES string of the molecule is CC1CCC(C)N(c2ccc(Cl)c(CNC(C)(C)C)n2)C1. The molecule has 1 saturated heterocycles. The molecule has 2 atom stereocenters. The summed E-state index contributed by atoms with van der Waals surface area (Å²) in [5, 5.41) is 4.21. The Morgan fingerprint density at radius 3 is 2.67 bits per heavy atom. The van der Waals surface area contributed by atoms with Crippen molar-refractivity contribution >= 4 is 17.4 Å². The molecule has 1 aliphatic rings. The van der Waals surface area contributed by atoms with Crippen LogP contribution < -0.4 is 10.2 Å². The summed E-state index contributed by atoms with van der Waals surface area (Å²) in [5.41, 5.74) is 1.00. The molecule has 1 aromatic heterocycles. The second kappa shape index (κ2) is 6.53. The van der Waals surface area contributed by atoms with E-state index < -0.39 is 0 Å². The monoisotopic (exact) mass is 309 g/mol. The number of nitrogens with one attached hydrogen (secondary N) is 1. The summed E-state index contributed by atoms with van der Waals surface area (Å²) < 4.78 is 0. The summed E-state index contributed by atoms with van der Waals surface area (Å²) in [6, 6.07) is 4.59. The first-order chi connectivity index (χ1) is 9.76. The summed E-state index contributed by atoms with van der Waals surface area (Å²) in [5.74, 6) is 1.79. The largest absolute Gasteiger partial charge is 0.354 e.